The van der Waals surface area contributed by atoms with Gasteiger partial charge in [-0.15, -0.1) is 0 Å². The third-order valence-electron chi connectivity index (χ3n) is 7.71. The average Bonchev–Trinajstić information content (AvgIpc) is 3.60. The molecule has 11 heteroatoms. The maximum Gasteiger partial charge on any atom is 0.242 e. The first-order chi connectivity index (χ1) is 18.3. The van der Waals surface area contributed by atoms with Gasteiger partial charge >= 0.3 is 0 Å². The Morgan fingerprint density at radius 3 is 2.42 bits per heavy atom. The zero-order valence-electron chi connectivity index (χ0n) is 21.4. The number of likely N-dealkylation sites (tertiary alicyclic amines) is 3. The van der Waals surface area contributed by atoms with Gasteiger partial charge in [0.15, 0.2) is 0 Å². The Morgan fingerprint density at radius 1 is 0.974 bits per heavy atom. The Morgan fingerprint density at radius 2 is 1.71 bits per heavy atom. The summed E-state index contributed by atoms with van der Waals surface area (Å²) in [6.45, 7) is 4.23. The Labute approximate surface area is 229 Å². The molecule has 2 amide bonds. The number of benzene rings is 1. The van der Waals surface area contributed by atoms with Crippen molar-refractivity contribution in [2.24, 2.45) is 0 Å². The number of nitrogens with zero attached hydrogens (tertiary/aromatic N) is 4. The molecule has 1 N–H and O–H groups in total. The number of amides is 2. The van der Waals surface area contributed by atoms with Gasteiger partial charge in [0, 0.05) is 42.5 Å². The lowest BCUT2D eigenvalue weighted by atomic mass is 10.1. The van der Waals surface area contributed by atoms with Gasteiger partial charge in [0.25, 0.3) is 0 Å². The zero-order chi connectivity index (χ0) is 26.7. The number of halogens is 1. The lowest BCUT2D eigenvalue weighted by Gasteiger charge is -2.34. The Kier molecular flexibility index (Phi) is 8.32. The highest BCUT2D eigenvalue weighted by Gasteiger charge is 2.36. The van der Waals surface area contributed by atoms with Gasteiger partial charge in [-0.1, -0.05) is 23.7 Å². The first-order valence-corrected chi connectivity index (χ1v) is 15.2. The van der Waals surface area contributed by atoms with Gasteiger partial charge in [0.05, 0.1) is 12.2 Å². The summed E-state index contributed by atoms with van der Waals surface area (Å²) in [6, 6.07) is 9.49. The van der Waals surface area contributed by atoms with Crippen molar-refractivity contribution in [3.63, 3.8) is 0 Å². The van der Waals surface area contributed by atoms with Crippen molar-refractivity contribution in [3.05, 3.63) is 47.6 Å². The normalized spacial score (nSPS) is 22.8. The summed E-state index contributed by atoms with van der Waals surface area (Å²) in [5, 5.41) is 0.604. The van der Waals surface area contributed by atoms with Crippen LogP contribution in [0.4, 0.5) is 0 Å². The van der Waals surface area contributed by atoms with Crippen LogP contribution in [-0.2, 0) is 19.6 Å². The van der Waals surface area contributed by atoms with Crippen molar-refractivity contribution in [2.75, 3.05) is 39.3 Å². The van der Waals surface area contributed by atoms with Gasteiger partial charge in [-0.05, 0) is 75.9 Å². The molecule has 4 heterocycles. The van der Waals surface area contributed by atoms with E-state index < -0.39 is 16.1 Å². The molecule has 1 aromatic carbocycles. The molecular weight excluding hydrogens is 526 g/mol. The summed E-state index contributed by atoms with van der Waals surface area (Å²) < 4.78 is 28.7. The molecule has 0 saturated carbocycles. The van der Waals surface area contributed by atoms with Crippen LogP contribution in [0, 0.1) is 0 Å². The van der Waals surface area contributed by atoms with Gasteiger partial charge in [-0.25, -0.2) is 8.42 Å². The summed E-state index contributed by atoms with van der Waals surface area (Å²) in [6.07, 6.45) is 6.69. The van der Waals surface area contributed by atoms with Crippen LogP contribution in [0.1, 0.15) is 38.5 Å². The first kappa shape index (κ1) is 27.1. The molecule has 3 saturated heterocycles. The number of pyridine rings is 1. The average molecular weight is 560 g/mol. The molecule has 0 aliphatic carbocycles. The van der Waals surface area contributed by atoms with E-state index in [9.17, 15) is 18.0 Å². The Balaban J connectivity index is 1.20. The number of rotatable bonds is 8. The van der Waals surface area contributed by atoms with E-state index in [0.29, 0.717) is 36.6 Å². The van der Waals surface area contributed by atoms with Crippen molar-refractivity contribution in [1.29, 1.82) is 0 Å². The predicted octanol–water partition coefficient (Wildman–Crippen LogP) is 2.76. The van der Waals surface area contributed by atoms with Gasteiger partial charge in [-0.2, -0.15) is 4.72 Å². The molecular formula is C27H34ClN5O4S. The van der Waals surface area contributed by atoms with E-state index >= 15 is 0 Å². The number of sulfonamides is 1. The van der Waals surface area contributed by atoms with Crippen LogP contribution in [0.3, 0.4) is 0 Å². The molecule has 1 aromatic heterocycles. The number of hydrogen-bond acceptors (Lipinski definition) is 6. The maximum absolute atomic E-state index is 13.2. The van der Waals surface area contributed by atoms with Crippen molar-refractivity contribution < 1.29 is 18.0 Å². The molecule has 0 spiro atoms. The molecule has 0 bridgehead atoms. The van der Waals surface area contributed by atoms with Crippen molar-refractivity contribution in [3.8, 4) is 11.3 Å². The number of carbonyl (C=O) groups is 2. The number of hydrogen-bond donors (Lipinski definition) is 1. The van der Waals surface area contributed by atoms with Crippen molar-refractivity contribution in [2.45, 2.75) is 55.5 Å². The zero-order valence-corrected chi connectivity index (χ0v) is 23.0. The second kappa shape index (κ2) is 11.7. The largest absolute Gasteiger partial charge is 0.337 e. The quantitative estimate of drug-likeness (QED) is 0.533. The standard InChI is InChI=1S/C27H34ClN5O4S/c28-21-9-7-20(8-10-21)24-12-11-23(17-29-24)38(36,37)30-25-6-4-15-32(27(25)35)19-26(34)33-16-3-5-22(33)18-31-13-1-2-14-31/h7-12,17,22,25,30H,1-6,13-16,18-19H2. The van der Waals surface area contributed by atoms with Gasteiger partial charge in [0.1, 0.15) is 10.9 Å². The first-order valence-electron chi connectivity index (χ1n) is 13.3. The monoisotopic (exact) mass is 559 g/mol. The van der Waals surface area contributed by atoms with E-state index in [0.717, 1.165) is 38.0 Å². The number of aromatic nitrogens is 1. The van der Waals surface area contributed by atoms with E-state index in [2.05, 4.69) is 14.6 Å². The lowest BCUT2D eigenvalue weighted by Crippen LogP contribution is -2.55. The lowest BCUT2D eigenvalue weighted by molar-refractivity contribution is -0.143. The third-order valence-corrected chi connectivity index (χ3v) is 9.41. The van der Waals surface area contributed by atoms with E-state index in [-0.39, 0.29) is 29.3 Å². The maximum atomic E-state index is 13.2. The Hall–Kier alpha value is -2.53. The second-order valence-corrected chi connectivity index (χ2v) is 12.5. The van der Waals surface area contributed by atoms with E-state index in [1.54, 1.807) is 18.2 Å². The fourth-order valence-electron chi connectivity index (χ4n) is 5.66. The SMILES string of the molecule is O=C1C(NS(=O)(=O)c2ccc(-c3ccc(Cl)cc3)nc2)CCCN1CC(=O)N1CCCC1CN1CCCC1. The summed E-state index contributed by atoms with van der Waals surface area (Å²) in [4.78, 5) is 36.5. The molecule has 2 atom stereocenters. The number of carbonyl (C=O) groups excluding carboxylic acids is 2. The van der Waals surface area contributed by atoms with Crippen LogP contribution >= 0.6 is 11.6 Å². The topological polar surface area (TPSA) is 103 Å². The van der Waals surface area contributed by atoms with Crippen LogP contribution < -0.4 is 4.72 Å². The molecule has 38 heavy (non-hydrogen) atoms. The van der Waals surface area contributed by atoms with Gasteiger partial charge < -0.3 is 14.7 Å². The molecule has 3 fully saturated rings. The van der Waals surface area contributed by atoms with E-state index in [1.165, 1.54) is 30.0 Å². The van der Waals surface area contributed by atoms with Crippen LogP contribution in [-0.4, -0.2) is 91.3 Å². The van der Waals surface area contributed by atoms with Gasteiger partial charge in [-0.3, -0.25) is 14.6 Å². The van der Waals surface area contributed by atoms with Crippen molar-refractivity contribution in [1.82, 2.24) is 24.4 Å². The highest BCUT2D eigenvalue weighted by molar-refractivity contribution is 7.89. The molecule has 204 valence electrons. The second-order valence-electron chi connectivity index (χ2n) is 10.4. The minimum atomic E-state index is -3.97. The van der Waals surface area contributed by atoms with E-state index in [4.69, 9.17) is 11.6 Å². The molecule has 5 rings (SSSR count). The highest BCUT2D eigenvalue weighted by atomic mass is 35.5. The summed E-state index contributed by atoms with van der Waals surface area (Å²) >= 11 is 5.94. The number of piperidine rings is 1. The summed E-state index contributed by atoms with van der Waals surface area (Å²) in [5.74, 6) is -0.403. The molecule has 2 aromatic rings. The van der Waals surface area contributed by atoms with Crippen LogP contribution in [0.5, 0.6) is 0 Å². The third kappa shape index (κ3) is 6.20. The van der Waals surface area contributed by atoms with Gasteiger partial charge in [0.2, 0.25) is 21.8 Å². The number of nitrogens with one attached hydrogen (secondary N) is 1. The molecule has 3 aliphatic rings. The van der Waals surface area contributed by atoms with Crippen LogP contribution in [0.25, 0.3) is 11.3 Å². The molecule has 9 nitrogen and oxygen atoms in total. The minimum Gasteiger partial charge on any atom is -0.337 e. The fourth-order valence-corrected chi connectivity index (χ4v) is 6.96. The molecule has 0 radical (unpaired) electrons. The van der Waals surface area contributed by atoms with Crippen molar-refractivity contribution >= 4 is 33.4 Å². The van der Waals surface area contributed by atoms with Crippen LogP contribution in [0.15, 0.2) is 47.5 Å². The summed E-state index contributed by atoms with van der Waals surface area (Å²) in [7, 11) is -3.97. The Bertz CT molecular complexity index is 1250. The van der Waals surface area contributed by atoms with E-state index in [1.807, 2.05) is 17.0 Å². The molecule has 2 unspecified atom stereocenters. The summed E-state index contributed by atoms with van der Waals surface area (Å²) in [5.41, 5.74) is 1.43. The molecule has 3 aliphatic heterocycles. The predicted molar refractivity (Wildman–Crippen MR) is 145 cm³/mol. The highest BCUT2D eigenvalue weighted by Crippen LogP contribution is 2.23. The van der Waals surface area contributed by atoms with Crippen LogP contribution in [0.2, 0.25) is 5.02 Å². The minimum absolute atomic E-state index is 0.00902. The fraction of sp³-hybridized carbons (Fsp3) is 0.519. The smallest absolute Gasteiger partial charge is 0.242 e.